The molecule has 0 amide bonds. The Hall–Kier alpha value is -2.50. The third kappa shape index (κ3) is 2.60. The quantitative estimate of drug-likeness (QED) is 0.856. The summed E-state index contributed by atoms with van der Waals surface area (Å²) < 4.78 is 10.4. The molecule has 0 bridgehead atoms. The number of methoxy groups -OCH3 is 2. The van der Waals surface area contributed by atoms with E-state index in [1.54, 1.807) is 20.3 Å². The van der Waals surface area contributed by atoms with Crippen LogP contribution < -0.4 is 20.5 Å². The second kappa shape index (κ2) is 5.22. The van der Waals surface area contributed by atoms with E-state index in [0.29, 0.717) is 17.4 Å². The standard InChI is InChI=1S/C12H14N4O2/c1-17-9-3-4-10(11(5-9)18-2)16-12-14-6-8(13)7-15-12/h3-7H,13H2,1-2H3,(H,14,15,16). The molecule has 0 aliphatic carbocycles. The summed E-state index contributed by atoms with van der Waals surface area (Å²) in [5, 5.41) is 3.04. The zero-order chi connectivity index (χ0) is 13.0. The van der Waals surface area contributed by atoms with Gasteiger partial charge >= 0.3 is 0 Å². The first-order valence-electron chi connectivity index (χ1n) is 5.29. The van der Waals surface area contributed by atoms with Gasteiger partial charge in [-0.2, -0.15) is 0 Å². The molecule has 0 radical (unpaired) electrons. The molecular weight excluding hydrogens is 232 g/mol. The van der Waals surface area contributed by atoms with E-state index in [4.69, 9.17) is 15.2 Å². The molecule has 0 unspecified atom stereocenters. The van der Waals surface area contributed by atoms with Crippen molar-refractivity contribution in [2.45, 2.75) is 0 Å². The monoisotopic (exact) mass is 246 g/mol. The smallest absolute Gasteiger partial charge is 0.227 e. The molecule has 1 heterocycles. The summed E-state index contributed by atoms with van der Waals surface area (Å²) in [7, 11) is 3.19. The Morgan fingerprint density at radius 1 is 1.11 bits per heavy atom. The van der Waals surface area contributed by atoms with Gasteiger partial charge in [0, 0.05) is 6.07 Å². The maximum Gasteiger partial charge on any atom is 0.227 e. The van der Waals surface area contributed by atoms with Gasteiger partial charge in [-0.05, 0) is 12.1 Å². The zero-order valence-electron chi connectivity index (χ0n) is 10.2. The molecule has 0 spiro atoms. The molecule has 94 valence electrons. The molecule has 0 aliphatic heterocycles. The predicted molar refractivity (Wildman–Crippen MR) is 69.3 cm³/mol. The molecule has 18 heavy (non-hydrogen) atoms. The van der Waals surface area contributed by atoms with Crippen molar-refractivity contribution in [3.05, 3.63) is 30.6 Å². The minimum Gasteiger partial charge on any atom is -0.497 e. The summed E-state index contributed by atoms with van der Waals surface area (Å²) in [5.41, 5.74) is 6.79. The van der Waals surface area contributed by atoms with E-state index >= 15 is 0 Å². The molecule has 0 saturated heterocycles. The molecule has 6 nitrogen and oxygen atoms in total. The fourth-order valence-electron chi connectivity index (χ4n) is 1.42. The highest BCUT2D eigenvalue weighted by atomic mass is 16.5. The van der Waals surface area contributed by atoms with Gasteiger partial charge in [-0.3, -0.25) is 0 Å². The number of hydrogen-bond donors (Lipinski definition) is 2. The first-order chi connectivity index (χ1) is 8.72. The van der Waals surface area contributed by atoms with Gasteiger partial charge in [0.1, 0.15) is 11.5 Å². The molecule has 0 aliphatic rings. The molecule has 3 N–H and O–H groups in total. The van der Waals surface area contributed by atoms with Gasteiger partial charge in [-0.1, -0.05) is 0 Å². The van der Waals surface area contributed by atoms with E-state index in [1.807, 2.05) is 12.1 Å². The number of ether oxygens (including phenoxy) is 2. The van der Waals surface area contributed by atoms with Crippen molar-refractivity contribution in [3.8, 4) is 11.5 Å². The molecule has 0 saturated carbocycles. The SMILES string of the molecule is COc1ccc(Nc2ncc(N)cn2)c(OC)c1. The Bertz CT molecular complexity index is 528. The van der Waals surface area contributed by atoms with Crippen molar-refractivity contribution in [1.29, 1.82) is 0 Å². The van der Waals surface area contributed by atoms with Crippen molar-refractivity contribution in [2.24, 2.45) is 0 Å². The fourth-order valence-corrected chi connectivity index (χ4v) is 1.42. The molecule has 1 aromatic carbocycles. The van der Waals surface area contributed by atoms with Crippen LogP contribution in [0.3, 0.4) is 0 Å². The van der Waals surface area contributed by atoms with Crippen LogP contribution in [0.15, 0.2) is 30.6 Å². The number of rotatable bonds is 4. The van der Waals surface area contributed by atoms with Crippen LogP contribution in [0.4, 0.5) is 17.3 Å². The van der Waals surface area contributed by atoms with Crippen LogP contribution in [0.1, 0.15) is 0 Å². The summed E-state index contributed by atoms with van der Waals surface area (Å²) in [5.74, 6) is 1.82. The molecule has 6 heteroatoms. The highest BCUT2D eigenvalue weighted by molar-refractivity contribution is 5.64. The van der Waals surface area contributed by atoms with Gasteiger partial charge in [0.2, 0.25) is 5.95 Å². The summed E-state index contributed by atoms with van der Waals surface area (Å²) >= 11 is 0. The number of hydrogen-bond acceptors (Lipinski definition) is 6. The average Bonchev–Trinajstić information content (AvgIpc) is 2.41. The number of aromatic nitrogens is 2. The minimum absolute atomic E-state index is 0.452. The second-order valence-corrected chi connectivity index (χ2v) is 3.53. The van der Waals surface area contributed by atoms with Gasteiger partial charge in [-0.15, -0.1) is 0 Å². The van der Waals surface area contributed by atoms with E-state index < -0.39 is 0 Å². The maximum atomic E-state index is 5.52. The summed E-state index contributed by atoms with van der Waals surface area (Å²) in [4.78, 5) is 8.12. The Morgan fingerprint density at radius 3 is 2.44 bits per heavy atom. The van der Waals surface area contributed by atoms with Gasteiger partial charge in [0.25, 0.3) is 0 Å². The lowest BCUT2D eigenvalue weighted by Crippen LogP contribution is -2.00. The minimum atomic E-state index is 0.452. The predicted octanol–water partition coefficient (Wildman–Crippen LogP) is 1.82. The third-order valence-corrected chi connectivity index (χ3v) is 2.33. The molecule has 1 aromatic heterocycles. The van der Waals surface area contributed by atoms with E-state index in [9.17, 15) is 0 Å². The second-order valence-electron chi connectivity index (χ2n) is 3.53. The van der Waals surface area contributed by atoms with Crippen molar-refractivity contribution in [3.63, 3.8) is 0 Å². The van der Waals surface area contributed by atoms with Crippen LogP contribution in [0.2, 0.25) is 0 Å². The lowest BCUT2D eigenvalue weighted by molar-refractivity contribution is 0.395. The lowest BCUT2D eigenvalue weighted by atomic mass is 10.2. The van der Waals surface area contributed by atoms with E-state index in [-0.39, 0.29) is 0 Å². The van der Waals surface area contributed by atoms with Crippen LogP contribution in [-0.2, 0) is 0 Å². The average molecular weight is 246 g/mol. The number of nitrogens with one attached hydrogen (secondary N) is 1. The highest BCUT2D eigenvalue weighted by Crippen LogP contribution is 2.30. The molecule has 0 atom stereocenters. The lowest BCUT2D eigenvalue weighted by Gasteiger charge is -2.11. The van der Waals surface area contributed by atoms with Crippen LogP contribution in [-0.4, -0.2) is 24.2 Å². The Morgan fingerprint density at radius 2 is 1.83 bits per heavy atom. The topological polar surface area (TPSA) is 82.3 Å². The van der Waals surface area contributed by atoms with Crippen LogP contribution in [0, 0.1) is 0 Å². The normalized spacial score (nSPS) is 9.89. The van der Waals surface area contributed by atoms with Crippen LogP contribution in [0.5, 0.6) is 11.5 Å². The molecule has 0 fully saturated rings. The van der Waals surface area contributed by atoms with Crippen molar-refractivity contribution < 1.29 is 9.47 Å². The van der Waals surface area contributed by atoms with Crippen LogP contribution >= 0.6 is 0 Å². The Balaban J connectivity index is 2.25. The molecular formula is C12H14N4O2. The summed E-state index contributed by atoms with van der Waals surface area (Å²) in [6.07, 6.45) is 3.07. The largest absolute Gasteiger partial charge is 0.497 e. The van der Waals surface area contributed by atoms with Gasteiger partial charge in [-0.25, -0.2) is 9.97 Å². The van der Waals surface area contributed by atoms with Crippen LogP contribution in [0.25, 0.3) is 0 Å². The van der Waals surface area contributed by atoms with Crippen molar-refractivity contribution in [1.82, 2.24) is 9.97 Å². The summed E-state index contributed by atoms with van der Waals surface area (Å²) in [6, 6.07) is 5.43. The van der Waals surface area contributed by atoms with Crippen molar-refractivity contribution in [2.75, 3.05) is 25.3 Å². The molecule has 2 rings (SSSR count). The number of benzene rings is 1. The Kier molecular flexibility index (Phi) is 3.47. The Labute approximate surface area is 105 Å². The number of nitrogen functional groups attached to an aromatic ring is 1. The van der Waals surface area contributed by atoms with Crippen molar-refractivity contribution >= 4 is 17.3 Å². The van der Waals surface area contributed by atoms with E-state index in [1.165, 1.54) is 12.4 Å². The number of anilines is 3. The maximum absolute atomic E-state index is 5.52. The first-order valence-corrected chi connectivity index (χ1v) is 5.29. The number of nitrogens with zero attached hydrogens (tertiary/aromatic N) is 2. The van der Waals surface area contributed by atoms with Gasteiger partial charge in [0.15, 0.2) is 0 Å². The first kappa shape index (κ1) is 12.0. The van der Waals surface area contributed by atoms with Gasteiger partial charge in [0.05, 0.1) is 38.0 Å². The highest BCUT2D eigenvalue weighted by Gasteiger charge is 2.06. The summed E-state index contributed by atoms with van der Waals surface area (Å²) in [6.45, 7) is 0. The van der Waals surface area contributed by atoms with E-state index in [0.717, 1.165) is 11.4 Å². The molecule has 2 aromatic rings. The van der Waals surface area contributed by atoms with Gasteiger partial charge < -0.3 is 20.5 Å². The zero-order valence-corrected chi connectivity index (χ0v) is 10.2. The number of nitrogens with two attached hydrogens (primary N) is 1. The van der Waals surface area contributed by atoms with E-state index in [2.05, 4.69) is 15.3 Å². The fraction of sp³-hybridized carbons (Fsp3) is 0.167. The third-order valence-electron chi connectivity index (χ3n) is 2.33.